The highest BCUT2D eigenvalue weighted by Gasteiger charge is 2.19. The number of rotatable bonds is 63. The molecule has 0 bridgehead atoms. The zero-order valence-corrected chi connectivity index (χ0v) is 53.5. The fraction of sp³-hybridized carbons (Fsp3) is 0.747. The summed E-state index contributed by atoms with van der Waals surface area (Å²) in [6.07, 6.45) is 92.9. The Balaban J connectivity index is 4.22. The largest absolute Gasteiger partial charge is 0.462 e. The molecule has 0 saturated heterocycles. The van der Waals surface area contributed by atoms with Crippen molar-refractivity contribution < 1.29 is 28.6 Å². The van der Waals surface area contributed by atoms with Crippen molar-refractivity contribution in [3.63, 3.8) is 0 Å². The molecule has 0 aliphatic rings. The molecule has 81 heavy (non-hydrogen) atoms. The minimum Gasteiger partial charge on any atom is -0.462 e. The van der Waals surface area contributed by atoms with Gasteiger partial charge in [-0.2, -0.15) is 0 Å². The van der Waals surface area contributed by atoms with Crippen molar-refractivity contribution in [2.75, 3.05) is 13.2 Å². The highest BCUT2D eigenvalue weighted by molar-refractivity contribution is 5.71. The van der Waals surface area contributed by atoms with Crippen LogP contribution in [0.4, 0.5) is 0 Å². The maximum Gasteiger partial charge on any atom is 0.306 e. The van der Waals surface area contributed by atoms with Gasteiger partial charge in [-0.05, 0) is 116 Å². The first-order chi connectivity index (χ1) is 40.0. The molecule has 1 unspecified atom stereocenters. The number of carbonyl (C=O) groups excluding carboxylic acids is 3. The summed E-state index contributed by atoms with van der Waals surface area (Å²) < 4.78 is 16.9. The van der Waals surface area contributed by atoms with E-state index in [-0.39, 0.29) is 31.1 Å². The van der Waals surface area contributed by atoms with Crippen LogP contribution in [0.15, 0.2) is 97.2 Å². The molecule has 0 aliphatic heterocycles. The van der Waals surface area contributed by atoms with Crippen molar-refractivity contribution in [1.82, 2.24) is 0 Å². The Bertz CT molecular complexity index is 1580. The lowest BCUT2D eigenvalue weighted by molar-refractivity contribution is -0.167. The summed E-state index contributed by atoms with van der Waals surface area (Å²) in [6, 6.07) is 0. The number of hydrogen-bond acceptors (Lipinski definition) is 6. The molecule has 6 heteroatoms. The smallest absolute Gasteiger partial charge is 0.306 e. The zero-order valence-electron chi connectivity index (χ0n) is 53.5. The Labute approximate surface area is 502 Å². The lowest BCUT2D eigenvalue weighted by Gasteiger charge is -2.18. The van der Waals surface area contributed by atoms with Crippen LogP contribution < -0.4 is 0 Å². The van der Waals surface area contributed by atoms with E-state index in [0.717, 1.165) is 109 Å². The Morgan fingerprint density at radius 3 is 0.802 bits per heavy atom. The van der Waals surface area contributed by atoms with Gasteiger partial charge in [0.05, 0.1) is 0 Å². The molecule has 0 aromatic rings. The lowest BCUT2D eigenvalue weighted by Crippen LogP contribution is -2.30. The van der Waals surface area contributed by atoms with Crippen molar-refractivity contribution in [3.8, 4) is 0 Å². The van der Waals surface area contributed by atoms with Gasteiger partial charge in [0.15, 0.2) is 6.10 Å². The fourth-order valence-corrected chi connectivity index (χ4v) is 9.84. The number of esters is 3. The molecule has 0 heterocycles. The summed E-state index contributed by atoms with van der Waals surface area (Å²) >= 11 is 0. The summed E-state index contributed by atoms with van der Waals surface area (Å²) in [5.74, 6) is -0.891. The molecule has 0 spiro atoms. The summed E-state index contributed by atoms with van der Waals surface area (Å²) in [5.41, 5.74) is 0. The fourth-order valence-electron chi connectivity index (χ4n) is 9.84. The van der Waals surface area contributed by atoms with Gasteiger partial charge in [-0.1, -0.05) is 304 Å². The van der Waals surface area contributed by atoms with Crippen LogP contribution in [0, 0.1) is 0 Å². The number of carbonyl (C=O) groups is 3. The van der Waals surface area contributed by atoms with E-state index in [1.54, 1.807) is 0 Å². The van der Waals surface area contributed by atoms with Crippen LogP contribution in [0.2, 0.25) is 0 Å². The van der Waals surface area contributed by atoms with E-state index in [1.807, 2.05) is 0 Å². The topological polar surface area (TPSA) is 78.9 Å². The monoisotopic (exact) mass is 1130 g/mol. The minimum atomic E-state index is -0.788. The van der Waals surface area contributed by atoms with Crippen LogP contribution in [-0.2, 0) is 28.6 Å². The van der Waals surface area contributed by atoms with Gasteiger partial charge in [-0.3, -0.25) is 14.4 Å². The molecule has 0 saturated carbocycles. The van der Waals surface area contributed by atoms with E-state index < -0.39 is 6.10 Å². The summed E-state index contributed by atoms with van der Waals surface area (Å²) in [7, 11) is 0. The molecule has 0 aromatic heterocycles. The van der Waals surface area contributed by atoms with E-state index in [1.165, 1.54) is 193 Å². The van der Waals surface area contributed by atoms with E-state index in [2.05, 4.69) is 118 Å². The number of unbranched alkanes of at least 4 members (excludes halogenated alkanes) is 36. The van der Waals surface area contributed by atoms with Crippen molar-refractivity contribution in [3.05, 3.63) is 97.2 Å². The molecule has 0 rings (SSSR count). The summed E-state index contributed by atoms with van der Waals surface area (Å²) in [5, 5.41) is 0. The second-order valence-electron chi connectivity index (χ2n) is 23.1. The molecular weight excluding hydrogens is 997 g/mol. The molecule has 0 radical (unpaired) electrons. The molecule has 0 N–H and O–H groups in total. The molecule has 0 aromatic carbocycles. The van der Waals surface area contributed by atoms with Gasteiger partial charge < -0.3 is 14.2 Å². The molecular formula is C75H130O6. The van der Waals surface area contributed by atoms with Crippen LogP contribution >= 0.6 is 0 Å². The van der Waals surface area contributed by atoms with Gasteiger partial charge in [0.25, 0.3) is 0 Å². The Hall–Kier alpha value is -3.67. The van der Waals surface area contributed by atoms with Crippen molar-refractivity contribution in [2.24, 2.45) is 0 Å². The maximum absolute atomic E-state index is 12.9. The van der Waals surface area contributed by atoms with Gasteiger partial charge in [0, 0.05) is 19.3 Å². The first-order valence-corrected chi connectivity index (χ1v) is 34.7. The van der Waals surface area contributed by atoms with Crippen LogP contribution in [-0.4, -0.2) is 37.2 Å². The summed E-state index contributed by atoms with van der Waals surface area (Å²) in [4.78, 5) is 38.3. The van der Waals surface area contributed by atoms with Gasteiger partial charge >= 0.3 is 17.9 Å². The average Bonchev–Trinajstić information content (AvgIpc) is 3.47. The molecule has 0 aliphatic carbocycles. The van der Waals surface area contributed by atoms with Crippen LogP contribution in [0.3, 0.4) is 0 Å². The molecule has 466 valence electrons. The number of ether oxygens (including phenoxy) is 3. The second kappa shape index (κ2) is 68.8. The molecule has 1 atom stereocenters. The van der Waals surface area contributed by atoms with Gasteiger partial charge in [-0.15, -0.1) is 0 Å². The Morgan fingerprint density at radius 1 is 0.259 bits per heavy atom. The number of allylic oxidation sites excluding steroid dienone is 16. The number of hydrogen-bond donors (Lipinski definition) is 0. The molecule has 0 fully saturated rings. The Kier molecular flexibility index (Phi) is 65.7. The highest BCUT2D eigenvalue weighted by Crippen LogP contribution is 2.17. The first-order valence-electron chi connectivity index (χ1n) is 34.7. The standard InChI is InChI=1S/C75H130O6/c1-4-7-10-13-16-19-22-24-26-28-30-32-34-35-36-37-38-39-41-42-44-46-48-50-53-56-59-62-65-68-74(77)80-71-72(70-79-73(76)67-64-61-58-55-52-21-18-15-12-9-6-3)81-75(78)69-66-63-60-57-54-51-49-47-45-43-40-33-31-29-27-25-23-20-17-14-11-8-5-2/h8,11,15,17-18,20,22,24-25,27-28,30-31,33,43,45,72H,4-7,9-10,12-14,16,19,21,23,26,29,32,34-42,44,46-71H2,1-3H3/b11-8-,18-15-,20-17-,24-22-,27-25-,30-28-,33-31-,45-43-. The third-order valence-electron chi connectivity index (χ3n) is 15.0. The molecule has 6 nitrogen and oxygen atoms in total. The summed E-state index contributed by atoms with van der Waals surface area (Å²) in [6.45, 7) is 6.50. The zero-order chi connectivity index (χ0) is 58.5. The highest BCUT2D eigenvalue weighted by atomic mass is 16.6. The van der Waals surface area contributed by atoms with Crippen LogP contribution in [0.25, 0.3) is 0 Å². The lowest BCUT2D eigenvalue weighted by atomic mass is 10.0. The van der Waals surface area contributed by atoms with Crippen molar-refractivity contribution in [2.45, 2.75) is 348 Å². The van der Waals surface area contributed by atoms with Crippen LogP contribution in [0.5, 0.6) is 0 Å². The van der Waals surface area contributed by atoms with Crippen LogP contribution in [0.1, 0.15) is 342 Å². The maximum atomic E-state index is 12.9. The average molecular weight is 1130 g/mol. The van der Waals surface area contributed by atoms with Crippen molar-refractivity contribution >= 4 is 17.9 Å². The van der Waals surface area contributed by atoms with Crippen molar-refractivity contribution in [1.29, 1.82) is 0 Å². The predicted molar refractivity (Wildman–Crippen MR) is 353 cm³/mol. The first kappa shape index (κ1) is 77.3. The van der Waals surface area contributed by atoms with E-state index >= 15 is 0 Å². The van der Waals surface area contributed by atoms with Gasteiger partial charge in [-0.25, -0.2) is 0 Å². The van der Waals surface area contributed by atoms with E-state index in [0.29, 0.717) is 19.3 Å². The second-order valence-corrected chi connectivity index (χ2v) is 23.1. The van der Waals surface area contributed by atoms with Gasteiger partial charge in [0.2, 0.25) is 0 Å². The SMILES string of the molecule is CC/C=C\C/C=C\C/C=C\C/C=C\C/C=C\CCCCCCCCCC(=O)OC(COC(=O)CCCCCCC/C=C\CCCC)COC(=O)CCCCCCCCCCCCCCCCCCC/C=C\C/C=C\CCCCCCC. The Morgan fingerprint density at radius 2 is 0.494 bits per heavy atom. The normalized spacial score (nSPS) is 12.7. The van der Waals surface area contributed by atoms with E-state index in [9.17, 15) is 14.4 Å². The van der Waals surface area contributed by atoms with Gasteiger partial charge in [0.1, 0.15) is 13.2 Å². The third kappa shape index (κ3) is 67.0. The van der Waals surface area contributed by atoms with E-state index in [4.69, 9.17) is 14.2 Å². The minimum absolute atomic E-state index is 0.0827. The quantitative estimate of drug-likeness (QED) is 0.0261. The predicted octanol–water partition coefficient (Wildman–Crippen LogP) is 24.0. The third-order valence-corrected chi connectivity index (χ3v) is 15.0. The molecule has 0 amide bonds.